The molecule has 0 bridgehead atoms. The fourth-order valence-corrected chi connectivity index (χ4v) is 2.00. The van der Waals surface area contributed by atoms with Gasteiger partial charge >= 0.3 is 0 Å². The molecule has 0 atom stereocenters. The van der Waals surface area contributed by atoms with Gasteiger partial charge in [0.1, 0.15) is 6.61 Å². The van der Waals surface area contributed by atoms with Gasteiger partial charge in [0.05, 0.1) is 18.1 Å². The Labute approximate surface area is 123 Å². The average molecular weight is 290 g/mol. The molecule has 0 amide bonds. The summed E-state index contributed by atoms with van der Waals surface area (Å²) in [6.07, 6.45) is 5.94. The van der Waals surface area contributed by atoms with Gasteiger partial charge in [-0.25, -0.2) is 4.98 Å². The molecule has 0 radical (unpaired) electrons. The third-order valence-corrected chi connectivity index (χ3v) is 3.53. The van der Waals surface area contributed by atoms with Gasteiger partial charge in [-0.15, -0.1) is 0 Å². The second-order valence-electron chi connectivity index (χ2n) is 4.88. The van der Waals surface area contributed by atoms with E-state index in [-0.39, 0.29) is 0 Å². The van der Waals surface area contributed by atoms with Gasteiger partial charge in [-0.2, -0.15) is 0 Å². The van der Waals surface area contributed by atoms with Crippen molar-refractivity contribution in [2.75, 3.05) is 0 Å². The summed E-state index contributed by atoms with van der Waals surface area (Å²) >= 11 is 6.07. The minimum absolute atomic E-state index is 0.397. The SMILES string of the molecule is Clc1ccccc1COc1cnc(CNC2CC2)cn1. The molecule has 1 saturated carbocycles. The Hall–Kier alpha value is -1.65. The van der Waals surface area contributed by atoms with E-state index in [1.165, 1.54) is 12.8 Å². The molecule has 0 spiro atoms. The van der Waals surface area contributed by atoms with Gasteiger partial charge in [-0.05, 0) is 18.9 Å². The summed E-state index contributed by atoms with van der Waals surface area (Å²) in [6.45, 7) is 1.16. The molecular formula is C15H16ClN3O. The summed E-state index contributed by atoms with van der Waals surface area (Å²) in [5, 5.41) is 4.10. The van der Waals surface area contributed by atoms with E-state index in [2.05, 4.69) is 15.3 Å². The van der Waals surface area contributed by atoms with Gasteiger partial charge in [0.2, 0.25) is 5.88 Å². The number of hydrogen-bond acceptors (Lipinski definition) is 4. The lowest BCUT2D eigenvalue weighted by molar-refractivity contribution is 0.292. The molecular weight excluding hydrogens is 274 g/mol. The Kier molecular flexibility index (Phi) is 4.14. The minimum Gasteiger partial charge on any atom is -0.472 e. The van der Waals surface area contributed by atoms with Crippen LogP contribution in [-0.2, 0) is 13.2 Å². The van der Waals surface area contributed by atoms with Crippen molar-refractivity contribution in [3.8, 4) is 5.88 Å². The summed E-state index contributed by atoms with van der Waals surface area (Å²) in [7, 11) is 0. The van der Waals surface area contributed by atoms with Crippen LogP contribution in [0.5, 0.6) is 5.88 Å². The molecule has 0 saturated heterocycles. The number of ether oxygens (including phenoxy) is 1. The Morgan fingerprint density at radius 2 is 2.05 bits per heavy atom. The van der Waals surface area contributed by atoms with Crippen molar-refractivity contribution in [1.82, 2.24) is 15.3 Å². The van der Waals surface area contributed by atoms with Crippen LogP contribution in [0.2, 0.25) is 5.02 Å². The van der Waals surface area contributed by atoms with Gasteiger partial charge in [-0.1, -0.05) is 29.8 Å². The van der Waals surface area contributed by atoms with Crippen molar-refractivity contribution < 1.29 is 4.74 Å². The van der Waals surface area contributed by atoms with Gasteiger partial charge in [0.15, 0.2) is 0 Å². The minimum atomic E-state index is 0.397. The molecule has 4 nitrogen and oxygen atoms in total. The normalized spacial score (nSPS) is 14.2. The molecule has 20 heavy (non-hydrogen) atoms. The fourth-order valence-electron chi connectivity index (χ4n) is 1.81. The number of nitrogens with zero attached hydrogens (tertiary/aromatic N) is 2. The molecule has 104 valence electrons. The van der Waals surface area contributed by atoms with Crippen LogP contribution in [0.15, 0.2) is 36.7 Å². The van der Waals surface area contributed by atoms with Crippen LogP contribution >= 0.6 is 11.6 Å². The van der Waals surface area contributed by atoms with Gasteiger partial charge in [0, 0.05) is 23.2 Å². The predicted molar refractivity (Wildman–Crippen MR) is 77.7 cm³/mol. The highest BCUT2D eigenvalue weighted by molar-refractivity contribution is 6.31. The third-order valence-electron chi connectivity index (χ3n) is 3.16. The van der Waals surface area contributed by atoms with Crippen molar-refractivity contribution in [3.63, 3.8) is 0 Å². The van der Waals surface area contributed by atoms with Gasteiger partial charge < -0.3 is 10.1 Å². The highest BCUT2D eigenvalue weighted by Crippen LogP contribution is 2.19. The first kappa shape index (κ1) is 13.3. The predicted octanol–water partition coefficient (Wildman–Crippen LogP) is 2.96. The lowest BCUT2D eigenvalue weighted by atomic mass is 10.2. The quantitative estimate of drug-likeness (QED) is 0.888. The van der Waals surface area contributed by atoms with E-state index in [1.54, 1.807) is 12.4 Å². The molecule has 1 aromatic carbocycles. The third kappa shape index (κ3) is 3.68. The van der Waals surface area contributed by atoms with Crippen molar-refractivity contribution >= 4 is 11.6 Å². The highest BCUT2D eigenvalue weighted by Gasteiger charge is 2.20. The molecule has 1 aliphatic rings. The number of nitrogens with one attached hydrogen (secondary N) is 1. The fraction of sp³-hybridized carbons (Fsp3) is 0.333. The van der Waals surface area contributed by atoms with Gasteiger partial charge in [-0.3, -0.25) is 4.98 Å². The molecule has 1 aromatic heterocycles. The molecule has 0 aliphatic heterocycles. The Bertz CT molecular complexity index is 570. The topological polar surface area (TPSA) is 47.0 Å². The maximum absolute atomic E-state index is 6.07. The Morgan fingerprint density at radius 1 is 1.20 bits per heavy atom. The summed E-state index contributed by atoms with van der Waals surface area (Å²) in [5.41, 5.74) is 1.87. The molecule has 0 unspecified atom stereocenters. The van der Waals surface area contributed by atoms with Crippen LogP contribution in [0.1, 0.15) is 24.1 Å². The zero-order chi connectivity index (χ0) is 13.8. The molecule has 1 aliphatic carbocycles. The lowest BCUT2D eigenvalue weighted by Crippen LogP contribution is -2.16. The first-order chi connectivity index (χ1) is 9.81. The van der Waals surface area contributed by atoms with E-state index >= 15 is 0 Å². The summed E-state index contributed by atoms with van der Waals surface area (Å²) in [4.78, 5) is 8.58. The van der Waals surface area contributed by atoms with E-state index < -0.39 is 0 Å². The van der Waals surface area contributed by atoms with Crippen LogP contribution in [0, 0.1) is 0 Å². The lowest BCUT2D eigenvalue weighted by Gasteiger charge is -2.07. The smallest absolute Gasteiger partial charge is 0.232 e. The van der Waals surface area contributed by atoms with Crippen LogP contribution < -0.4 is 10.1 Å². The second kappa shape index (κ2) is 6.20. The molecule has 5 heteroatoms. The van der Waals surface area contributed by atoms with E-state index in [4.69, 9.17) is 16.3 Å². The standard InChI is InChI=1S/C15H16ClN3O/c16-14-4-2-1-3-11(14)10-20-15-9-18-13(8-19-15)7-17-12-5-6-12/h1-4,8-9,12,17H,5-7,10H2. The number of halogens is 1. The van der Waals surface area contributed by atoms with Crippen LogP contribution in [0.25, 0.3) is 0 Å². The van der Waals surface area contributed by atoms with E-state index in [0.717, 1.165) is 17.8 Å². The van der Waals surface area contributed by atoms with Crippen molar-refractivity contribution in [2.24, 2.45) is 0 Å². The number of benzene rings is 1. The summed E-state index contributed by atoms with van der Waals surface area (Å²) in [5.74, 6) is 0.514. The number of hydrogen-bond donors (Lipinski definition) is 1. The summed E-state index contributed by atoms with van der Waals surface area (Å²) in [6, 6.07) is 8.28. The molecule has 2 aromatic rings. The van der Waals surface area contributed by atoms with Gasteiger partial charge in [0.25, 0.3) is 0 Å². The molecule has 1 fully saturated rings. The molecule has 3 rings (SSSR count). The Morgan fingerprint density at radius 3 is 2.75 bits per heavy atom. The van der Waals surface area contributed by atoms with Crippen LogP contribution in [0.3, 0.4) is 0 Å². The average Bonchev–Trinajstić information content (AvgIpc) is 3.30. The second-order valence-corrected chi connectivity index (χ2v) is 5.29. The van der Waals surface area contributed by atoms with Crippen LogP contribution in [0.4, 0.5) is 0 Å². The van der Waals surface area contributed by atoms with Crippen molar-refractivity contribution in [1.29, 1.82) is 0 Å². The zero-order valence-electron chi connectivity index (χ0n) is 11.1. The largest absolute Gasteiger partial charge is 0.472 e. The van der Waals surface area contributed by atoms with Crippen molar-refractivity contribution in [3.05, 3.63) is 52.9 Å². The maximum Gasteiger partial charge on any atom is 0.232 e. The van der Waals surface area contributed by atoms with E-state index in [9.17, 15) is 0 Å². The summed E-state index contributed by atoms with van der Waals surface area (Å²) < 4.78 is 5.59. The zero-order valence-corrected chi connectivity index (χ0v) is 11.8. The molecule has 1 heterocycles. The van der Waals surface area contributed by atoms with Crippen molar-refractivity contribution in [2.45, 2.75) is 32.0 Å². The number of aromatic nitrogens is 2. The van der Waals surface area contributed by atoms with Crippen LogP contribution in [-0.4, -0.2) is 16.0 Å². The van der Waals surface area contributed by atoms with E-state index in [0.29, 0.717) is 23.6 Å². The van der Waals surface area contributed by atoms with E-state index in [1.807, 2.05) is 24.3 Å². The first-order valence-electron chi connectivity index (χ1n) is 6.72. The maximum atomic E-state index is 6.07. The monoisotopic (exact) mass is 289 g/mol. The highest BCUT2D eigenvalue weighted by atomic mass is 35.5. The Balaban J connectivity index is 1.53. The molecule has 1 N–H and O–H groups in total. The number of rotatable bonds is 6. The first-order valence-corrected chi connectivity index (χ1v) is 7.09.